The Labute approximate surface area is 152 Å². The van der Waals surface area contributed by atoms with Crippen LogP contribution in [-0.4, -0.2) is 22.9 Å². The number of nitrogens with one attached hydrogen (secondary N) is 1. The lowest BCUT2D eigenvalue weighted by Crippen LogP contribution is -2.45. The molecule has 0 spiro atoms. The van der Waals surface area contributed by atoms with Crippen molar-refractivity contribution in [2.75, 3.05) is 0 Å². The summed E-state index contributed by atoms with van der Waals surface area (Å²) >= 11 is 1.56. The molecule has 2 aromatic rings. The molecule has 1 amide bonds. The molecule has 5 nitrogen and oxygen atoms in total. The molecule has 134 valence electrons. The number of rotatable bonds is 8. The summed E-state index contributed by atoms with van der Waals surface area (Å²) in [5, 5.41) is 5.70. The van der Waals surface area contributed by atoms with E-state index in [9.17, 15) is 9.59 Å². The largest absolute Gasteiger partial charge is 0.458 e. The zero-order chi connectivity index (χ0) is 18.2. The fourth-order valence-electron chi connectivity index (χ4n) is 2.32. The highest BCUT2D eigenvalue weighted by Gasteiger charge is 2.26. The predicted molar refractivity (Wildman–Crippen MR) is 98.2 cm³/mol. The van der Waals surface area contributed by atoms with Crippen LogP contribution < -0.4 is 5.32 Å². The van der Waals surface area contributed by atoms with Crippen molar-refractivity contribution >= 4 is 23.2 Å². The second kappa shape index (κ2) is 9.32. The zero-order valence-electron chi connectivity index (χ0n) is 14.8. The molecule has 0 saturated carbocycles. The zero-order valence-corrected chi connectivity index (χ0v) is 15.6. The van der Waals surface area contributed by atoms with Crippen LogP contribution in [0.1, 0.15) is 37.0 Å². The van der Waals surface area contributed by atoms with Gasteiger partial charge in [0.15, 0.2) is 0 Å². The topological polar surface area (TPSA) is 68.3 Å². The Morgan fingerprint density at radius 3 is 2.56 bits per heavy atom. The van der Waals surface area contributed by atoms with Crippen molar-refractivity contribution in [3.8, 4) is 0 Å². The maximum Gasteiger partial charge on any atom is 0.329 e. The highest BCUT2D eigenvalue weighted by molar-refractivity contribution is 7.09. The number of hydrogen-bond acceptors (Lipinski definition) is 5. The molecule has 0 radical (unpaired) electrons. The third-order valence-corrected chi connectivity index (χ3v) is 4.75. The maximum atomic E-state index is 12.4. The van der Waals surface area contributed by atoms with E-state index in [0.29, 0.717) is 0 Å². The Morgan fingerprint density at radius 2 is 1.96 bits per heavy atom. The van der Waals surface area contributed by atoms with Crippen molar-refractivity contribution in [1.82, 2.24) is 10.3 Å². The van der Waals surface area contributed by atoms with Crippen LogP contribution in [0.25, 0.3) is 0 Å². The number of thiazole rings is 1. The van der Waals surface area contributed by atoms with Crippen LogP contribution in [0.4, 0.5) is 0 Å². The van der Waals surface area contributed by atoms with E-state index in [1.54, 1.807) is 11.3 Å². The van der Waals surface area contributed by atoms with Gasteiger partial charge in [-0.2, -0.15) is 0 Å². The fourth-order valence-corrected chi connectivity index (χ4v) is 3.05. The molecule has 1 aromatic heterocycles. The van der Waals surface area contributed by atoms with E-state index in [4.69, 9.17) is 4.74 Å². The molecule has 0 saturated heterocycles. The first-order chi connectivity index (χ1) is 12.0. The van der Waals surface area contributed by atoms with Gasteiger partial charge in [0, 0.05) is 5.38 Å². The lowest BCUT2D eigenvalue weighted by molar-refractivity contribution is -0.150. The van der Waals surface area contributed by atoms with Crippen LogP contribution in [-0.2, 0) is 33.8 Å². The molecule has 0 aliphatic heterocycles. The number of benzene rings is 1. The first kappa shape index (κ1) is 19.1. The van der Waals surface area contributed by atoms with E-state index < -0.39 is 12.0 Å². The van der Waals surface area contributed by atoms with Crippen molar-refractivity contribution < 1.29 is 14.3 Å². The summed E-state index contributed by atoms with van der Waals surface area (Å²) in [5.74, 6) is -0.680. The summed E-state index contributed by atoms with van der Waals surface area (Å²) in [6.45, 7) is 5.93. The highest BCUT2D eigenvalue weighted by Crippen LogP contribution is 2.12. The van der Waals surface area contributed by atoms with Gasteiger partial charge in [0.1, 0.15) is 12.6 Å². The maximum absolute atomic E-state index is 12.4. The Kier molecular flexibility index (Phi) is 7.13. The van der Waals surface area contributed by atoms with Crippen molar-refractivity contribution in [3.05, 3.63) is 52.0 Å². The number of aromatic nitrogens is 1. The SMILES string of the molecule is CCc1nc(COC(=O)[C@@H](NC(=O)Cc2ccccc2)C(C)C)cs1. The first-order valence-corrected chi connectivity index (χ1v) is 9.30. The Morgan fingerprint density at radius 1 is 1.24 bits per heavy atom. The van der Waals surface area contributed by atoms with Gasteiger partial charge < -0.3 is 10.1 Å². The number of aryl methyl sites for hydroxylation is 1. The van der Waals surface area contributed by atoms with E-state index in [1.807, 2.05) is 56.5 Å². The fraction of sp³-hybridized carbons (Fsp3) is 0.421. The average molecular weight is 360 g/mol. The molecule has 0 fully saturated rings. The van der Waals surface area contributed by atoms with Crippen LogP contribution in [0.2, 0.25) is 0 Å². The Bertz CT molecular complexity index is 698. The molecule has 0 unspecified atom stereocenters. The van der Waals surface area contributed by atoms with Crippen molar-refractivity contribution in [1.29, 1.82) is 0 Å². The monoisotopic (exact) mass is 360 g/mol. The van der Waals surface area contributed by atoms with Gasteiger partial charge in [-0.1, -0.05) is 51.1 Å². The van der Waals surface area contributed by atoms with Crippen LogP contribution in [0.15, 0.2) is 35.7 Å². The molecule has 6 heteroatoms. The van der Waals surface area contributed by atoms with E-state index in [-0.39, 0.29) is 24.9 Å². The summed E-state index contributed by atoms with van der Waals surface area (Å²) in [6.07, 6.45) is 1.10. The summed E-state index contributed by atoms with van der Waals surface area (Å²) in [7, 11) is 0. The average Bonchev–Trinajstić information content (AvgIpc) is 3.06. The quantitative estimate of drug-likeness (QED) is 0.735. The van der Waals surface area contributed by atoms with E-state index in [0.717, 1.165) is 22.7 Å². The molecule has 0 bridgehead atoms. The van der Waals surface area contributed by atoms with Gasteiger partial charge >= 0.3 is 5.97 Å². The van der Waals surface area contributed by atoms with Crippen LogP contribution in [0.3, 0.4) is 0 Å². The molecule has 1 heterocycles. The van der Waals surface area contributed by atoms with Crippen molar-refractivity contribution in [2.45, 2.75) is 46.3 Å². The number of hydrogen-bond donors (Lipinski definition) is 1. The molecule has 25 heavy (non-hydrogen) atoms. The molecule has 1 atom stereocenters. The van der Waals surface area contributed by atoms with Crippen molar-refractivity contribution in [2.24, 2.45) is 5.92 Å². The molecular weight excluding hydrogens is 336 g/mol. The minimum Gasteiger partial charge on any atom is -0.458 e. The molecule has 0 aliphatic rings. The van der Waals surface area contributed by atoms with Gasteiger partial charge in [0.2, 0.25) is 5.91 Å². The van der Waals surface area contributed by atoms with Crippen LogP contribution in [0, 0.1) is 5.92 Å². The second-order valence-electron chi connectivity index (χ2n) is 6.15. The molecule has 1 N–H and O–H groups in total. The Balaban J connectivity index is 1.89. The van der Waals surface area contributed by atoms with E-state index in [1.165, 1.54) is 0 Å². The van der Waals surface area contributed by atoms with Gasteiger partial charge in [-0.25, -0.2) is 9.78 Å². The third-order valence-electron chi connectivity index (χ3n) is 3.71. The number of carbonyl (C=O) groups is 2. The second-order valence-corrected chi connectivity index (χ2v) is 7.09. The van der Waals surface area contributed by atoms with Gasteiger partial charge in [-0.05, 0) is 17.9 Å². The number of carbonyl (C=O) groups excluding carboxylic acids is 2. The number of amides is 1. The first-order valence-electron chi connectivity index (χ1n) is 8.42. The lowest BCUT2D eigenvalue weighted by atomic mass is 10.0. The van der Waals surface area contributed by atoms with Gasteiger partial charge in [-0.3, -0.25) is 4.79 Å². The number of ether oxygens (including phenoxy) is 1. The lowest BCUT2D eigenvalue weighted by Gasteiger charge is -2.20. The molecular formula is C19H24N2O3S. The van der Waals surface area contributed by atoms with Gasteiger partial charge in [-0.15, -0.1) is 11.3 Å². The van der Waals surface area contributed by atoms with Gasteiger partial charge in [0.05, 0.1) is 17.1 Å². The number of esters is 1. The number of nitrogens with zero attached hydrogens (tertiary/aromatic N) is 1. The third kappa shape index (κ3) is 5.98. The minimum atomic E-state index is -0.666. The van der Waals surface area contributed by atoms with E-state index >= 15 is 0 Å². The predicted octanol–water partition coefficient (Wildman–Crippen LogP) is 3.13. The molecule has 0 aliphatic carbocycles. The normalized spacial score (nSPS) is 12.0. The van der Waals surface area contributed by atoms with Crippen LogP contribution >= 0.6 is 11.3 Å². The smallest absolute Gasteiger partial charge is 0.329 e. The highest BCUT2D eigenvalue weighted by atomic mass is 32.1. The summed E-state index contributed by atoms with van der Waals surface area (Å²) in [6, 6.07) is 8.77. The minimum absolute atomic E-state index is 0.0612. The summed E-state index contributed by atoms with van der Waals surface area (Å²) < 4.78 is 5.35. The summed E-state index contributed by atoms with van der Waals surface area (Å²) in [4.78, 5) is 29.0. The van der Waals surface area contributed by atoms with E-state index in [2.05, 4.69) is 10.3 Å². The standard InChI is InChI=1S/C19H24N2O3S/c1-4-17-20-15(12-25-17)11-24-19(23)18(13(2)3)21-16(22)10-14-8-6-5-7-9-14/h5-9,12-13,18H,4,10-11H2,1-3H3,(H,21,22)/t18-/m0/s1. The van der Waals surface area contributed by atoms with Crippen molar-refractivity contribution in [3.63, 3.8) is 0 Å². The summed E-state index contributed by atoms with van der Waals surface area (Å²) in [5.41, 5.74) is 1.65. The molecule has 1 aromatic carbocycles. The van der Waals surface area contributed by atoms with Gasteiger partial charge in [0.25, 0.3) is 0 Å². The molecule has 2 rings (SSSR count). The van der Waals surface area contributed by atoms with Crippen LogP contribution in [0.5, 0.6) is 0 Å². The Hall–Kier alpha value is -2.21.